The van der Waals surface area contributed by atoms with Crippen LogP contribution in [0.2, 0.25) is 5.02 Å². The van der Waals surface area contributed by atoms with Gasteiger partial charge in [0.15, 0.2) is 0 Å². The van der Waals surface area contributed by atoms with E-state index in [1.807, 2.05) is 31.2 Å². The molecule has 0 fully saturated rings. The van der Waals surface area contributed by atoms with Gasteiger partial charge in [0.2, 0.25) is 0 Å². The van der Waals surface area contributed by atoms with Crippen molar-refractivity contribution in [3.05, 3.63) is 68.4 Å². The third-order valence-electron chi connectivity index (χ3n) is 3.42. The van der Waals surface area contributed by atoms with Crippen LogP contribution in [0.15, 0.2) is 40.9 Å². The molecule has 0 aliphatic heterocycles. The molecule has 21 heavy (non-hydrogen) atoms. The first kappa shape index (κ1) is 16.5. The number of rotatable bonds is 5. The predicted molar refractivity (Wildman–Crippen MR) is 90.4 cm³/mol. The fraction of sp³-hybridized carbons (Fsp3) is 0.294. The van der Waals surface area contributed by atoms with Crippen LogP contribution in [-0.4, -0.2) is 6.54 Å². The van der Waals surface area contributed by atoms with Crippen LogP contribution in [0.5, 0.6) is 0 Å². The Labute approximate surface area is 138 Å². The molecule has 0 saturated carbocycles. The fourth-order valence-electron chi connectivity index (χ4n) is 2.33. The number of halogens is 3. The number of aryl methyl sites for hydroxylation is 1. The summed E-state index contributed by atoms with van der Waals surface area (Å²) in [5.74, 6) is -0.217. The number of hydrogen-bond acceptors (Lipinski definition) is 1. The van der Waals surface area contributed by atoms with Crippen LogP contribution in [0.1, 0.15) is 36.1 Å². The molecule has 0 amide bonds. The minimum absolute atomic E-state index is 0.207. The first-order chi connectivity index (χ1) is 10.0. The first-order valence-corrected chi connectivity index (χ1v) is 8.14. The maximum atomic E-state index is 14.3. The van der Waals surface area contributed by atoms with Gasteiger partial charge < -0.3 is 5.32 Å². The van der Waals surface area contributed by atoms with Crippen molar-refractivity contribution < 1.29 is 4.39 Å². The van der Waals surface area contributed by atoms with Crippen LogP contribution in [0.4, 0.5) is 4.39 Å². The zero-order valence-corrected chi connectivity index (χ0v) is 14.4. The van der Waals surface area contributed by atoms with E-state index in [9.17, 15) is 4.39 Å². The lowest BCUT2D eigenvalue weighted by molar-refractivity contribution is 0.545. The molecule has 0 radical (unpaired) electrons. The largest absolute Gasteiger partial charge is 0.306 e. The molecular formula is C17H18BrClFN. The van der Waals surface area contributed by atoms with Crippen LogP contribution >= 0.6 is 27.5 Å². The highest BCUT2D eigenvalue weighted by Crippen LogP contribution is 2.30. The van der Waals surface area contributed by atoms with Crippen molar-refractivity contribution in [3.63, 3.8) is 0 Å². The van der Waals surface area contributed by atoms with Crippen molar-refractivity contribution in [3.8, 4) is 0 Å². The third kappa shape index (κ3) is 4.06. The van der Waals surface area contributed by atoms with E-state index in [4.69, 9.17) is 11.6 Å². The van der Waals surface area contributed by atoms with E-state index in [-0.39, 0.29) is 11.9 Å². The summed E-state index contributed by atoms with van der Waals surface area (Å²) in [4.78, 5) is 0. The Bertz CT molecular complexity index is 579. The average molecular weight is 371 g/mol. The van der Waals surface area contributed by atoms with Crippen molar-refractivity contribution >= 4 is 27.5 Å². The van der Waals surface area contributed by atoms with Crippen LogP contribution in [-0.2, 0) is 0 Å². The first-order valence-electron chi connectivity index (χ1n) is 6.97. The highest BCUT2D eigenvalue weighted by Gasteiger charge is 2.19. The van der Waals surface area contributed by atoms with Gasteiger partial charge in [0.05, 0.1) is 6.04 Å². The van der Waals surface area contributed by atoms with Crippen LogP contribution in [0, 0.1) is 12.7 Å². The molecule has 2 aromatic rings. The fourth-order valence-corrected chi connectivity index (χ4v) is 2.89. The van der Waals surface area contributed by atoms with E-state index in [0.29, 0.717) is 10.6 Å². The molecule has 0 aliphatic carbocycles. The zero-order valence-electron chi connectivity index (χ0n) is 12.1. The molecule has 2 aromatic carbocycles. The van der Waals surface area contributed by atoms with Crippen LogP contribution in [0.25, 0.3) is 0 Å². The molecule has 0 bridgehead atoms. The second kappa shape index (κ2) is 7.39. The van der Waals surface area contributed by atoms with E-state index in [2.05, 4.69) is 28.2 Å². The van der Waals surface area contributed by atoms with E-state index in [1.54, 1.807) is 6.07 Å². The van der Waals surface area contributed by atoms with Crippen molar-refractivity contribution in [2.24, 2.45) is 0 Å². The molecule has 1 N–H and O–H groups in total. The summed E-state index contributed by atoms with van der Waals surface area (Å²) >= 11 is 9.54. The highest BCUT2D eigenvalue weighted by atomic mass is 79.9. The monoisotopic (exact) mass is 369 g/mol. The highest BCUT2D eigenvalue weighted by molar-refractivity contribution is 9.10. The summed E-state index contributed by atoms with van der Waals surface area (Å²) in [6.07, 6.45) is 0.978. The van der Waals surface area contributed by atoms with E-state index in [1.165, 1.54) is 6.07 Å². The SMILES string of the molecule is CCCNC(c1cc(Cl)ccc1C)c1cc(Br)ccc1F. The molecule has 2 rings (SSSR count). The molecule has 0 aliphatic rings. The van der Waals surface area contributed by atoms with Crippen LogP contribution < -0.4 is 5.32 Å². The second-order valence-corrected chi connectivity index (χ2v) is 6.41. The normalized spacial score (nSPS) is 12.4. The molecule has 1 nitrogen and oxygen atoms in total. The standard InChI is InChI=1S/C17H18BrClFN/c1-3-8-21-17(14-10-13(19)6-4-11(14)2)15-9-12(18)5-7-16(15)20/h4-7,9-10,17,21H,3,8H2,1-2H3. The summed E-state index contributed by atoms with van der Waals surface area (Å²) in [5, 5.41) is 4.08. The maximum Gasteiger partial charge on any atom is 0.128 e. The summed E-state index contributed by atoms with van der Waals surface area (Å²) in [6, 6.07) is 10.5. The lowest BCUT2D eigenvalue weighted by Crippen LogP contribution is -2.25. The Morgan fingerprint density at radius 3 is 2.67 bits per heavy atom. The predicted octanol–water partition coefficient (Wildman–Crippen LogP) is 5.64. The number of hydrogen-bond donors (Lipinski definition) is 1. The van der Waals surface area contributed by atoms with Crippen molar-refractivity contribution in [2.45, 2.75) is 26.3 Å². The summed E-state index contributed by atoms with van der Waals surface area (Å²) in [6.45, 7) is 4.91. The van der Waals surface area contributed by atoms with Crippen LogP contribution in [0.3, 0.4) is 0 Å². The minimum Gasteiger partial charge on any atom is -0.306 e. The van der Waals surface area contributed by atoms with Gasteiger partial charge in [0.1, 0.15) is 5.82 Å². The van der Waals surface area contributed by atoms with Crippen molar-refractivity contribution in [2.75, 3.05) is 6.54 Å². The third-order valence-corrected chi connectivity index (χ3v) is 4.15. The van der Waals surface area contributed by atoms with Gasteiger partial charge in [-0.2, -0.15) is 0 Å². The molecule has 1 atom stereocenters. The summed E-state index contributed by atoms with van der Waals surface area (Å²) in [7, 11) is 0. The Morgan fingerprint density at radius 1 is 1.19 bits per heavy atom. The van der Waals surface area contributed by atoms with Gasteiger partial charge in [0, 0.05) is 15.1 Å². The van der Waals surface area contributed by atoms with Gasteiger partial charge in [0.25, 0.3) is 0 Å². The van der Waals surface area contributed by atoms with Crippen molar-refractivity contribution in [1.82, 2.24) is 5.32 Å². The number of nitrogens with one attached hydrogen (secondary N) is 1. The van der Waals surface area contributed by atoms with E-state index >= 15 is 0 Å². The van der Waals surface area contributed by atoms with Crippen molar-refractivity contribution in [1.29, 1.82) is 0 Å². The molecule has 1 unspecified atom stereocenters. The molecule has 0 heterocycles. The number of benzene rings is 2. The van der Waals surface area contributed by atoms with Gasteiger partial charge in [-0.25, -0.2) is 4.39 Å². The molecular weight excluding hydrogens is 353 g/mol. The topological polar surface area (TPSA) is 12.0 Å². The van der Waals surface area contributed by atoms with Gasteiger partial charge in [-0.1, -0.05) is 40.5 Å². The Morgan fingerprint density at radius 2 is 1.95 bits per heavy atom. The minimum atomic E-state index is -0.217. The second-order valence-electron chi connectivity index (χ2n) is 5.05. The smallest absolute Gasteiger partial charge is 0.128 e. The zero-order chi connectivity index (χ0) is 15.4. The van der Waals surface area contributed by atoms with Gasteiger partial charge in [-0.15, -0.1) is 0 Å². The molecule has 4 heteroatoms. The molecule has 112 valence electrons. The quantitative estimate of drug-likeness (QED) is 0.718. The Balaban J connectivity index is 2.52. The average Bonchev–Trinajstić information content (AvgIpc) is 2.46. The Kier molecular flexibility index (Phi) is 5.80. The van der Waals surface area contributed by atoms with Gasteiger partial charge >= 0.3 is 0 Å². The maximum absolute atomic E-state index is 14.3. The van der Waals surface area contributed by atoms with Gasteiger partial charge in [-0.05, 0) is 61.3 Å². The lowest BCUT2D eigenvalue weighted by atomic mass is 9.94. The summed E-state index contributed by atoms with van der Waals surface area (Å²) in [5.41, 5.74) is 2.73. The molecule has 0 saturated heterocycles. The lowest BCUT2D eigenvalue weighted by Gasteiger charge is -2.22. The summed E-state index contributed by atoms with van der Waals surface area (Å²) < 4.78 is 15.1. The van der Waals surface area contributed by atoms with E-state index < -0.39 is 0 Å². The Hall–Kier alpha value is -0.900. The van der Waals surface area contributed by atoms with E-state index in [0.717, 1.165) is 28.6 Å². The molecule has 0 aromatic heterocycles. The van der Waals surface area contributed by atoms with Gasteiger partial charge in [-0.3, -0.25) is 0 Å². The molecule has 0 spiro atoms.